The van der Waals surface area contributed by atoms with Crippen molar-refractivity contribution in [1.29, 1.82) is 0 Å². The first-order chi connectivity index (χ1) is 20.9. The quantitative estimate of drug-likeness (QED) is 0.217. The Morgan fingerprint density at radius 1 is 1.18 bits per heavy atom. The van der Waals surface area contributed by atoms with E-state index in [4.69, 9.17) is 9.26 Å². The molecule has 4 aromatic rings. The summed E-state index contributed by atoms with van der Waals surface area (Å²) in [6.07, 6.45) is 0.952. The van der Waals surface area contributed by atoms with Gasteiger partial charge in [-0.15, -0.1) is 17.9 Å². The molecule has 2 atom stereocenters. The van der Waals surface area contributed by atoms with Gasteiger partial charge in [-0.3, -0.25) is 0 Å². The minimum absolute atomic E-state index is 0.171. The van der Waals surface area contributed by atoms with Crippen LogP contribution < -0.4 is 5.32 Å². The maximum Gasteiger partial charge on any atom is 0.422 e. The van der Waals surface area contributed by atoms with Gasteiger partial charge in [0, 0.05) is 17.5 Å². The monoisotopic (exact) mass is 621 g/mol. The van der Waals surface area contributed by atoms with Gasteiger partial charge in [0.15, 0.2) is 5.01 Å². The predicted octanol–water partition coefficient (Wildman–Crippen LogP) is 9.36. The number of aromatic nitrogens is 2. The summed E-state index contributed by atoms with van der Waals surface area (Å²) in [4.78, 5) is 18.1. The van der Waals surface area contributed by atoms with Crippen molar-refractivity contribution in [2.45, 2.75) is 82.5 Å². The highest BCUT2D eigenvalue weighted by atomic mass is 32.1. The van der Waals surface area contributed by atoms with Crippen molar-refractivity contribution < 1.29 is 27.2 Å². The molecule has 2 aromatic heterocycles. The van der Waals surface area contributed by atoms with Crippen LogP contribution in [0.4, 0.5) is 18.0 Å². The Labute approximate surface area is 258 Å². The van der Waals surface area contributed by atoms with Gasteiger partial charge in [0.2, 0.25) is 5.76 Å². The SMILES string of the molecule is C=CCC1(OC(=O)NC(C)(C)C)CCC(c2ccc3c(c2)CCc2nc(-c4onc(-c5ccccc5)c4C(F)(F)F)sc2-3)C1. The number of carbonyl (C=O) groups is 1. The number of hydrogen-bond donors (Lipinski definition) is 1. The van der Waals surface area contributed by atoms with Crippen molar-refractivity contribution in [1.82, 2.24) is 15.5 Å². The number of nitrogens with one attached hydrogen (secondary N) is 1. The zero-order valence-corrected chi connectivity index (χ0v) is 25.7. The fourth-order valence-electron chi connectivity index (χ4n) is 6.36. The molecular weight excluding hydrogens is 587 g/mol. The summed E-state index contributed by atoms with van der Waals surface area (Å²) < 4.78 is 54.3. The van der Waals surface area contributed by atoms with E-state index in [0.717, 1.165) is 41.0 Å². The number of ether oxygens (including phenoxy) is 1. The second-order valence-corrected chi connectivity index (χ2v) is 13.7. The Hall–Kier alpha value is -3.92. The van der Waals surface area contributed by atoms with E-state index in [-0.39, 0.29) is 22.4 Å². The number of halogens is 3. The number of benzene rings is 2. The number of fused-ring (bicyclic) bond motifs is 3. The van der Waals surface area contributed by atoms with E-state index in [9.17, 15) is 18.0 Å². The Morgan fingerprint density at radius 3 is 2.66 bits per heavy atom. The van der Waals surface area contributed by atoms with Crippen molar-refractivity contribution in [3.05, 3.63) is 83.6 Å². The molecule has 10 heteroatoms. The van der Waals surface area contributed by atoms with Crippen LogP contribution in [0.25, 0.3) is 32.5 Å². The van der Waals surface area contributed by atoms with Crippen molar-refractivity contribution in [2.24, 2.45) is 0 Å². The largest absolute Gasteiger partial charge is 0.443 e. The first-order valence-corrected chi connectivity index (χ1v) is 15.5. The third kappa shape index (κ3) is 5.92. The fraction of sp³-hybridized carbons (Fsp3) is 0.382. The van der Waals surface area contributed by atoms with Gasteiger partial charge in [0.1, 0.15) is 16.9 Å². The van der Waals surface area contributed by atoms with Crippen LogP contribution in [0.2, 0.25) is 0 Å². The molecule has 1 N–H and O–H groups in total. The van der Waals surface area contributed by atoms with Gasteiger partial charge in [-0.1, -0.05) is 59.8 Å². The number of amides is 1. The normalized spacial score (nSPS) is 19.7. The number of carbonyl (C=O) groups excluding carboxylic acids is 1. The van der Waals surface area contributed by atoms with Gasteiger partial charge in [0.05, 0.1) is 10.6 Å². The molecule has 2 aliphatic carbocycles. The molecule has 1 fully saturated rings. The molecule has 6 nitrogen and oxygen atoms in total. The molecule has 2 unspecified atom stereocenters. The summed E-state index contributed by atoms with van der Waals surface area (Å²) in [5, 5.41) is 6.89. The zero-order valence-electron chi connectivity index (χ0n) is 24.9. The first kappa shape index (κ1) is 30.1. The molecular formula is C34H34F3N3O3S. The van der Waals surface area contributed by atoms with Crippen molar-refractivity contribution >= 4 is 17.4 Å². The highest BCUT2D eigenvalue weighted by molar-refractivity contribution is 7.18. The van der Waals surface area contributed by atoms with Crippen LogP contribution in [0.15, 0.2) is 65.7 Å². The maximum absolute atomic E-state index is 14.3. The summed E-state index contributed by atoms with van der Waals surface area (Å²) >= 11 is 1.21. The van der Waals surface area contributed by atoms with Gasteiger partial charge in [-0.2, -0.15) is 13.2 Å². The average molecular weight is 622 g/mol. The lowest BCUT2D eigenvalue weighted by molar-refractivity contribution is -0.136. The topological polar surface area (TPSA) is 77.2 Å². The van der Waals surface area contributed by atoms with E-state index in [2.05, 4.69) is 34.2 Å². The van der Waals surface area contributed by atoms with Crippen LogP contribution in [-0.2, 0) is 23.8 Å². The van der Waals surface area contributed by atoms with E-state index in [1.54, 1.807) is 30.3 Å². The molecule has 0 aliphatic heterocycles. The Morgan fingerprint density at radius 2 is 1.95 bits per heavy atom. The van der Waals surface area contributed by atoms with E-state index in [1.807, 2.05) is 32.9 Å². The summed E-state index contributed by atoms with van der Waals surface area (Å²) in [5.41, 5.74) is 2.22. The number of rotatable bonds is 6. The molecule has 230 valence electrons. The number of alkyl halides is 3. The lowest BCUT2D eigenvalue weighted by atomic mass is 9.87. The molecule has 2 heterocycles. The molecule has 44 heavy (non-hydrogen) atoms. The lowest BCUT2D eigenvalue weighted by Crippen LogP contribution is -2.45. The van der Waals surface area contributed by atoms with Gasteiger partial charge >= 0.3 is 12.3 Å². The third-order valence-electron chi connectivity index (χ3n) is 8.26. The molecule has 0 radical (unpaired) electrons. The molecule has 6 rings (SSSR count). The van der Waals surface area contributed by atoms with E-state index in [1.165, 1.54) is 16.9 Å². The van der Waals surface area contributed by atoms with Gasteiger partial charge in [0.25, 0.3) is 0 Å². The summed E-state index contributed by atoms with van der Waals surface area (Å²) in [7, 11) is 0. The van der Waals surface area contributed by atoms with Crippen LogP contribution in [0.5, 0.6) is 0 Å². The summed E-state index contributed by atoms with van der Waals surface area (Å²) in [6.45, 7) is 9.65. The molecule has 1 saturated carbocycles. The van der Waals surface area contributed by atoms with Crippen LogP contribution in [-0.4, -0.2) is 27.4 Å². The Bertz CT molecular complexity index is 1700. The van der Waals surface area contributed by atoms with E-state index < -0.39 is 29.0 Å². The second-order valence-electron chi connectivity index (χ2n) is 12.7. The second kappa shape index (κ2) is 11.2. The Kier molecular flexibility index (Phi) is 7.68. The van der Waals surface area contributed by atoms with Crippen molar-refractivity contribution in [2.75, 3.05) is 0 Å². The first-order valence-electron chi connectivity index (χ1n) is 14.7. The minimum Gasteiger partial charge on any atom is -0.443 e. The minimum atomic E-state index is -4.67. The van der Waals surface area contributed by atoms with Crippen LogP contribution in [0.3, 0.4) is 0 Å². The van der Waals surface area contributed by atoms with Gasteiger partial charge < -0.3 is 14.6 Å². The van der Waals surface area contributed by atoms with Crippen LogP contribution >= 0.6 is 11.3 Å². The van der Waals surface area contributed by atoms with E-state index >= 15 is 0 Å². The smallest absolute Gasteiger partial charge is 0.422 e. The number of hydrogen-bond acceptors (Lipinski definition) is 6. The van der Waals surface area contributed by atoms with Crippen LogP contribution in [0.1, 0.15) is 74.8 Å². The number of nitrogens with zero attached hydrogens (tertiary/aromatic N) is 2. The zero-order chi connectivity index (χ0) is 31.3. The highest BCUT2D eigenvalue weighted by Gasteiger charge is 2.44. The molecule has 0 saturated heterocycles. The molecule has 2 aliphatic rings. The summed E-state index contributed by atoms with van der Waals surface area (Å²) in [5.74, 6) is -0.144. The number of aryl methyl sites for hydroxylation is 2. The molecule has 0 spiro atoms. The van der Waals surface area contributed by atoms with Gasteiger partial charge in [-0.25, -0.2) is 9.78 Å². The summed E-state index contributed by atoms with van der Waals surface area (Å²) in [6, 6.07) is 14.6. The van der Waals surface area contributed by atoms with Crippen molar-refractivity contribution in [3.8, 4) is 32.5 Å². The maximum atomic E-state index is 14.3. The Balaban J connectivity index is 1.27. The fourth-order valence-corrected chi connectivity index (χ4v) is 7.51. The average Bonchev–Trinajstić information content (AvgIpc) is 3.69. The van der Waals surface area contributed by atoms with Crippen molar-refractivity contribution in [3.63, 3.8) is 0 Å². The predicted molar refractivity (Wildman–Crippen MR) is 164 cm³/mol. The number of thiazole rings is 1. The van der Waals surface area contributed by atoms with Crippen LogP contribution in [0, 0.1) is 0 Å². The standard InChI is InChI=1S/C34H34F3N3O3S/c1-5-16-33(42-31(41)39-32(2,3)4)17-15-23(19-33)21-11-13-24-22(18-21)12-14-25-29(24)44-30(38-25)28-26(34(35,36)37)27(40-43-28)20-9-7-6-8-10-20/h5-11,13,18,23H,1,12,14-17,19H2,2-4H3,(H,39,41). The highest BCUT2D eigenvalue weighted by Crippen LogP contribution is 2.49. The molecule has 2 aromatic carbocycles. The third-order valence-corrected chi connectivity index (χ3v) is 9.39. The van der Waals surface area contributed by atoms with E-state index in [0.29, 0.717) is 24.8 Å². The van der Waals surface area contributed by atoms with Gasteiger partial charge in [-0.05, 0) is 75.5 Å². The molecule has 0 bridgehead atoms. The number of alkyl carbamates (subject to hydrolysis) is 1. The molecule has 1 amide bonds. The lowest BCUT2D eigenvalue weighted by Gasteiger charge is -2.31.